The lowest BCUT2D eigenvalue weighted by atomic mass is 9.89. The molecule has 0 saturated heterocycles. The van der Waals surface area contributed by atoms with Crippen molar-refractivity contribution >= 4 is 0 Å². The van der Waals surface area contributed by atoms with E-state index in [1.165, 1.54) is 32.1 Å². The maximum Gasteiger partial charge on any atom is 0.00416 e. The topological polar surface area (TPSA) is 26.0 Å². The van der Waals surface area contributed by atoms with E-state index < -0.39 is 0 Å². The van der Waals surface area contributed by atoms with Crippen molar-refractivity contribution in [1.82, 2.24) is 0 Å². The van der Waals surface area contributed by atoms with Gasteiger partial charge in [0.05, 0.1) is 0 Å². The minimum Gasteiger partial charge on any atom is -0.328 e. The Labute approximate surface area is 70.4 Å². The molecule has 1 rings (SSSR count). The molecule has 3 unspecified atom stereocenters. The monoisotopic (exact) mass is 155 g/mol. The fraction of sp³-hybridized carbons (Fsp3) is 1.00. The van der Waals surface area contributed by atoms with Crippen LogP contribution in [0.4, 0.5) is 0 Å². The summed E-state index contributed by atoms with van der Waals surface area (Å²) in [5.74, 6) is 1.85. The first-order valence-corrected chi connectivity index (χ1v) is 4.99. The lowest BCUT2D eigenvalue weighted by Gasteiger charge is -2.17. The number of hydrogen-bond donors (Lipinski definition) is 1. The average molecular weight is 155 g/mol. The zero-order chi connectivity index (χ0) is 8.27. The first kappa shape index (κ1) is 9.05. The summed E-state index contributed by atoms with van der Waals surface area (Å²) in [6, 6.07) is 0.513. The first-order valence-electron chi connectivity index (χ1n) is 4.99. The van der Waals surface area contributed by atoms with E-state index in [0.717, 1.165) is 11.8 Å². The van der Waals surface area contributed by atoms with Crippen LogP contribution >= 0.6 is 0 Å². The van der Waals surface area contributed by atoms with Crippen molar-refractivity contribution in [2.24, 2.45) is 17.6 Å². The van der Waals surface area contributed by atoms with Gasteiger partial charge in [0.25, 0.3) is 0 Å². The van der Waals surface area contributed by atoms with Crippen molar-refractivity contribution in [3.63, 3.8) is 0 Å². The van der Waals surface area contributed by atoms with Gasteiger partial charge in [0.2, 0.25) is 0 Å². The SMILES string of the molecule is CCCC(C)C1CCC(N)C1. The third-order valence-corrected chi connectivity index (χ3v) is 3.06. The molecule has 1 saturated carbocycles. The fourth-order valence-electron chi connectivity index (χ4n) is 2.26. The molecule has 66 valence electrons. The summed E-state index contributed by atoms with van der Waals surface area (Å²) in [5, 5.41) is 0. The number of rotatable bonds is 3. The summed E-state index contributed by atoms with van der Waals surface area (Å²) in [4.78, 5) is 0. The molecule has 0 amide bonds. The Morgan fingerprint density at radius 3 is 2.64 bits per heavy atom. The molecule has 0 aromatic rings. The van der Waals surface area contributed by atoms with Crippen LogP contribution in [-0.4, -0.2) is 6.04 Å². The predicted molar refractivity (Wildman–Crippen MR) is 49.4 cm³/mol. The van der Waals surface area contributed by atoms with Gasteiger partial charge in [-0.15, -0.1) is 0 Å². The fourth-order valence-corrected chi connectivity index (χ4v) is 2.26. The van der Waals surface area contributed by atoms with E-state index in [1.807, 2.05) is 0 Å². The molecule has 0 spiro atoms. The summed E-state index contributed by atoms with van der Waals surface area (Å²) in [6.07, 6.45) is 6.63. The molecule has 3 atom stereocenters. The summed E-state index contributed by atoms with van der Waals surface area (Å²) in [6.45, 7) is 4.65. The van der Waals surface area contributed by atoms with Crippen molar-refractivity contribution in [3.8, 4) is 0 Å². The van der Waals surface area contributed by atoms with E-state index in [9.17, 15) is 0 Å². The minimum atomic E-state index is 0.513. The summed E-state index contributed by atoms with van der Waals surface area (Å²) >= 11 is 0. The van der Waals surface area contributed by atoms with Crippen molar-refractivity contribution in [1.29, 1.82) is 0 Å². The van der Waals surface area contributed by atoms with Crippen LogP contribution in [0, 0.1) is 11.8 Å². The third-order valence-electron chi connectivity index (χ3n) is 3.06. The van der Waals surface area contributed by atoms with E-state index in [-0.39, 0.29) is 0 Å². The average Bonchev–Trinajstić information content (AvgIpc) is 2.36. The standard InChI is InChI=1S/C10H21N/c1-3-4-8(2)9-5-6-10(11)7-9/h8-10H,3-7,11H2,1-2H3. The van der Waals surface area contributed by atoms with Crippen LogP contribution in [0.25, 0.3) is 0 Å². The summed E-state index contributed by atoms with van der Waals surface area (Å²) in [5.41, 5.74) is 5.86. The molecule has 0 heterocycles. The molecule has 2 N–H and O–H groups in total. The molecule has 1 fully saturated rings. The highest BCUT2D eigenvalue weighted by Crippen LogP contribution is 2.32. The van der Waals surface area contributed by atoms with Gasteiger partial charge >= 0.3 is 0 Å². The second kappa shape index (κ2) is 4.10. The highest BCUT2D eigenvalue weighted by Gasteiger charge is 2.25. The Morgan fingerprint density at radius 1 is 1.45 bits per heavy atom. The highest BCUT2D eigenvalue weighted by molar-refractivity contribution is 4.80. The molecule has 0 radical (unpaired) electrons. The quantitative estimate of drug-likeness (QED) is 0.666. The van der Waals surface area contributed by atoms with E-state index >= 15 is 0 Å². The van der Waals surface area contributed by atoms with Crippen LogP contribution in [0.15, 0.2) is 0 Å². The van der Waals surface area contributed by atoms with E-state index in [2.05, 4.69) is 13.8 Å². The van der Waals surface area contributed by atoms with E-state index in [0.29, 0.717) is 6.04 Å². The Kier molecular flexibility index (Phi) is 3.38. The Morgan fingerprint density at radius 2 is 2.18 bits per heavy atom. The van der Waals surface area contributed by atoms with Gasteiger partial charge in [0, 0.05) is 6.04 Å². The molecule has 0 bridgehead atoms. The lowest BCUT2D eigenvalue weighted by molar-refractivity contribution is 0.339. The maximum atomic E-state index is 5.86. The van der Waals surface area contributed by atoms with Crippen LogP contribution in [0.3, 0.4) is 0 Å². The van der Waals surface area contributed by atoms with Crippen molar-refractivity contribution in [2.75, 3.05) is 0 Å². The van der Waals surface area contributed by atoms with Gasteiger partial charge in [0.15, 0.2) is 0 Å². The number of hydrogen-bond acceptors (Lipinski definition) is 1. The number of nitrogens with two attached hydrogens (primary N) is 1. The van der Waals surface area contributed by atoms with Crippen molar-refractivity contribution in [3.05, 3.63) is 0 Å². The second-order valence-electron chi connectivity index (χ2n) is 4.10. The van der Waals surface area contributed by atoms with Gasteiger partial charge in [-0.05, 0) is 31.1 Å². The molecule has 1 nitrogen and oxygen atoms in total. The van der Waals surface area contributed by atoms with Crippen molar-refractivity contribution in [2.45, 2.75) is 52.0 Å². The molecule has 0 aromatic heterocycles. The maximum absolute atomic E-state index is 5.86. The third kappa shape index (κ3) is 2.48. The molecule has 1 aliphatic carbocycles. The van der Waals surface area contributed by atoms with Crippen LogP contribution in [0.5, 0.6) is 0 Å². The van der Waals surface area contributed by atoms with Gasteiger partial charge in [-0.2, -0.15) is 0 Å². The van der Waals surface area contributed by atoms with Crippen LogP contribution in [-0.2, 0) is 0 Å². The van der Waals surface area contributed by atoms with Gasteiger partial charge in [0.1, 0.15) is 0 Å². The Hall–Kier alpha value is -0.0400. The van der Waals surface area contributed by atoms with Gasteiger partial charge in [-0.1, -0.05) is 26.7 Å². The van der Waals surface area contributed by atoms with Crippen LogP contribution in [0.2, 0.25) is 0 Å². The Bertz CT molecular complexity index is 111. The van der Waals surface area contributed by atoms with Gasteiger partial charge in [-0.25, -0.2) is 0 Å². The molecular formula is C10H21N. The van der Waals surface area contributed by atoms with Gasteiger partial charge < -0.3 is 5.73 Å². The largest absolute Gasteiger partial charge is 0.328 e. The molecule has 1 heteroatoms. The normalized spacial score (nSPS) is 34.1. The van der Waals surface area contributed by atoms with E-state index in [4.69, 9.17) is 5.73 Å². The highest BCUT2D eigenvalue weighted by atomic mass is 14.6. The molecule has 1 aliphatic rings. The first-order chi connectivity index (χ1) is 5.24. The van der Waals surface area contributed by atoms with E-state index in [1.54, 1.807) is 0 Å². The van der Waals surface area contributed by atoms with Crippen LogP contribution < -0.4 is 5.73 Å². The van der Waals surface area contributed by atoms with Crippen molar-refractivity contribution < 1.29 is 0 Å². The molecule has 11 heavy (non-hydrogen) atoms. The zero-order valence-corrected chi connectivity index (χ0v) is 7.84. The van der Waals surface area contributed by atoms with Crippen LogP contribution in [0.1, 0.15) is 46.0 Å². The second-order valence-corrected chi connectivity index (χ2v) is 4.10. The summed E-state index contributed by atoms with van der Waals surface area (Å²) < 4.78 is 0. The Balaban J connectivity index is 2.25. The molecule has 0 aromatic carbocycles. The van der Waals surface area contributed by atoms with Gasteiger partial charge in [-0.3, -0.25) is 0 Å². The molecule has 0 aliphatic heterocycles. The predicted octanol–water partition coefficient (Wildman–Crippen LogP) is 2.55. The molecular weight excluding hydrogens is 134 g/mol. The zero-order valence-electron chi connectivity index (χ0n) is 7.84. The lowest BCUT2D eigenvalue weighted by Crippen LogP contribution is -2.16. The smallest absolute Gasteiger partial charge is 0.00416 e. The summed E-state index contributed by atoms with van der Waals surface area (Å²) in [7, 11) is 0. The minimum absolute atomic E-state index is 0.513.